The molecule has 1 aromatic carbocycles. The van der Waals surface area contributed by atoms with Crippen molar-refractivity contribution < 1.29 is 18.3 Å². The normalized spacial score (nSPS) is 29.5. The molecule has 3 rings (SSSR count). The molecule has 1 aliphatic carbocycles. The molecule has 0 amide bonds. The van der Waals surface area contributed by atoms with Crippen molar-refractivity contribution in [3.8, 4) is 0 Å². The Hall–Kier alpha value is -0.920. The predicted molar refractivity (Wildman–Crippen MR) is 80.3 cm³/mol. The Labute approximate surface area is 132 Å². The van der Waals surface area contributed by atoms with E-state index >= 15 is 0 Å². The van der Waals surface area contributed by atoms with Crippen molar-refractivity contribution >= 4 is 31.9 Å². The lowest BCUT2D eigenvalue weighted by Crippen LogP contribution is -2.37. The molecule has 0 unspecified atom stereocenters. The van der Waals surface area contributed by atoms with Crippen molar-refractivity contribution in [2.45, 2.75) is 24.2 Å². The van der Waals surface area contributed by atoms with Crippen LogP contribution in [-0.2, 0) is 14.8 Å². The standard InChI is InChI=1S/C14H16BrNO4S/c15-11-3-5-12(6-4-11)21(19,20)16-8-10-2-1-7-14(10,9-16)13(17)18/h3-6,10H,1-2,7-9H2,(H,17,18)/t10-,14+/m0/s1. The molecule has 21 heavy (non-hydrogen) atoms. The lowest BCUT2D eigenvalue weighted by atomic mass is 9.81. The highest BCUT2D eigenvalue weighted by Gasteiger charge is 2.57. The number of halogens is 1. The van der Waals surface area contributed by atoms with Gasteiger partial charge in [-0.1, -0.05) is 22.4 Å². The van der Waals surface area contributed by atoms with Crippen LogP contribution in [0.2, 0.25) is 0 Å². The molecule has 1 heterocycles. The van der Waals surface area contributed by atoms with Crippen LogP contribution in [-0.4, -0.2) is 36.9 Å². The first kappa shape index (κ1) is 15.0. The van der Waals surface area contributed by atoms with Gasteiger partial charge in [0, 0.05) is 17.6 Å². The minimum Gasteiger partial charge on any atom is -0.481 e. The van der Waals surface area contributed by atoms with E-state index in [2.05, 4.69) is 15.9 Å². The van der Waals surface area contributed by atoms with Crippen molar-refractivity contribution in [3.05, 3.63) is 28.7 Å². The van der Waals surface area contributed by atoms with Gasteiger partial charge in [0.2, 0.25) is 10.0 Å². The maximum atomic E-state index is 12.7. The lowest BCUT2D eigenvalue weighted by Gasteiger charge is -2.23. The van der Waals surface area contributed by atoms with Gasteiger partial charge >= 0.3 is 5.97 Å². The number of sulfonamides is 1. The summed E-state index contributed by atoms with van der Waals surface area (Å²) in [5, 5.41) is 9.54. The minimum atomic E-state index is -3.62. The van der Waals surface area contributed by atoms with E-state index in [4.69, 9.17) is 0 Å². The molecule has 7 heteroatoms. The van der Waals surface area contributed by atoms with Crippen LogP contribution < -0.4 is 0 Å². The SMILES string of the molecule is O=C(O)[C@@]12CCC[C@H]1CN(S(=O)(=O)c1ccc(Br)cc1)C2. The Balaban J connectivity index is 1.92. The maximum absolute atomic E-state index is 12.7. The monoisotopic (exact) mass is 373 g/mol. The Morgan fingerprint density at radius 3 is 2.57 bits per heavy atom. The van der Waals surface area contributed by atoms with E-state index < -0.39 is 21.4 Å². The number of carboxylic acid groups (broad SMARTS) is 1. The number of hydrogen-bond acceptors (Lipinski definition) is 3. The van der Waals surface area contributed by atoms with Gasteiger partial charge in [0.1, 0.15) is 0 Å². The molecule has 114 valence electrons. The van der Waals surface area contributed by atoms with Gasteiger partial charge in [-0.25, -0.2) is 8.42 Å². The third-order valence-electron chi connectivity index (χ3n) is 4.72. The van der Waals surface area contributed by atoms with Crippen LogP contribution in [0.15, 0.2) is 33.6 Å². The second kappa shape index (κ2) is 5.07. The second-order valence-electron chi connectivity index (χ2n) is 5.80. The fourth-order valence-corrected chi connectivity index (χ4v) is 5.35. The molecule has 1 aliphatic heterocycles. The van der Waals surface area contributed by atoms with Gasteiger partial charge in [-0.2, -0.15) is 4.31 Å². The number of fused-ring (bicyclic) bond motifs is 1. The number of rotatable bonds is 3. The molecule has 2 fully saturated rings. The van der Waals surface area contributed by atoms with E-state index in [9.17, 15) is 18.3 Å². The third-order valence-corrected chi connectivity index (χ3v) is 7.07. The van der Waals surface area contributed by atoms with Gasteiger partial charge in [0.05, 0.1) is 10.3 Å². The van der Waals surface area contributed by atoms with Crippen LogP contribution in [0.1, 0.15) is 19.3 Å². The number of nitrogens with zero attached hydrogens (tertiary/aromatic N) is 1. The Bertz CT molecular complexity index is 673. The maximum Gasteiger partial charge on any atom is 0.311 e. The number of carboxylic acids is 1. The zero-order valence-electron chi connectivity index (χ0n) is 11.3. The highest BCUT2D eigenvalue weighted by molar-refractivity contribution is 9.10. The van der Waals surface area contributed by atoms with E-state index in [0.29, 0.717) is 13.0 Å². The van der Waals surface area contributed by atoms with Crippen LogP contribution >= 0.6 is 15.9 Å². The van der Waals surface area contributed by atoms with Crippen molar-refractivity contribution in [1.82, 2.24) is 4.31 Å². The Morgan fingerprint density at radius 1 is 1.33 bits per heavy atom. The molecule has 5 nitrogen and oxygen atoms in total. The molecule has 2 atom stereocenters. The van der Waals surface area contributed by atoms with Gasteiger partial charge in [0.15, 0.2) is 0 Å². The van der Waals surface area contributed by atoms with E-state index in [0.717, 1.165) is 17.3 Å². The number of hydrogen-bond donors (Lipinski definition) is 1. The van der Waals surface area contributed by atoms with E-state index in [-0.39, 0.29) is 17.4 Å². The van der Waals surface area contributed by atoms with Crippen LogP contribution in [0.4, 0.5) is 0 Å². The van der Waals surface area contributed by atoms with Gasteiger partial charge in [-0.05, 0) is 43.0 Å². The van der Waals surface area contributed by atoms with Crippen LogP contribution in [0.3, 0.4) is 0 Å². The quantitative estimate of drug-likeness (QED) is 0.881. The van der Waals surface area contributed by atoms with Gasteiger partial charge in [-0.3, -0.25) is 4.79 Å². The lowest BCUT2D eigenvalue weighted by molar-refractivity contribution is -0.149. The smallest absolute Gasteiger partial charge is 0.311 e. The Kier molecular flexibility index (Phi) is 3.62. The molecule has 0 spiro atoms. The van der Waals surface area contributed by atoms with Crippen molar-refractivity contribution in [1.29, 1.82) is 0 Å². The first-order valence-corrected chi connectivity index (χ1v) is 9.09. The minimum absolute atomic E-state index is 0.0692. The van der Waals surface area contributed by atoms with Crippen LogP contribution in [0, 0.1) is 11.3 Å². The van der Waals surface area contributed by atoms with Crippen molar-refractivity contribution in [3.63, 3.8) is 0 Å². The molecule has 1 aromatic rings. The molecular weight excluding hydrogens is 358 g/mol. The number of benzene rings is 1. The van der Waals surface area contributed by atoms with Crippen LogP contribution in [0.5, 0.6) is 0 Å². The first-order valence-electron chi connectivity index (χ1n) is 6.85. The van der Waals surface area contributed by atoms with Gasteiger partial charge in [0.25, 0.3) is 0 Å². The highest BCUT2D eigenvalue weighted by Crippen LogP contribution is 2.50. The van der Waals surface area contributed by atoms with E-state index in [1.54, 1.807) is 24.3 Å². The summed E-state index contributed by atoms with van der Waals surface area (Å²) in [6.07, 6.45) is 2.22. The second-order valence-corrected chi connectivity index (χ2v) is 8.66. The summed E-state index contributed by atoms with van der Waals surface area (Å²) >= 11 is 3.28. The molecular formula is C14H16BrNO4S. The Morgan fingerprint density at radius 2 is 2.00 bits per heavy atom. The summed E-state index contributed by atoms with van der Waals surface area (Å²) in [7, 11) is -3.62. The largest absolute Gasteiger partial charge is 0.481 e. The number of carbonyl (C=O) groups is 1. The molecule has 0 aromatic heterocycles. The summed E-state index contributed by atoms with van der Waals surface area (Å²) in [5.41, 5.74) is -0.886. The molecule has 0 bridgehead atoms. The van der Waals surface area contributed by atoms with E-state index in [1.807, 2.05) is 0 Å². The predicted octanol–water partition coefficient (Wildman–Crippen LogP) is 2.32. The highest BCUT2D eigenvalue weighted by atomic mass is 79.9. The molecule has 2 aliphatic rings. The summed E-state index contributed by atoms with van der Waals surface area (Å²) < 4.78 is 27.5. The fourth-order valence-electron chi connectivity index (χ4n) is 3.53. The topological polar surface area (TPSA) is 74.7 Å². The molecule has 1 saturated carbocycles. The van der Waals surface area contributed by atoms with Gasteiger partial charge in [-0.15, -0.1) is 0 Å². The van der Waals surface area contributed by atoms with Gasteiger partial charge < -0.3 is 5.11 Å². The molecule has 0 radical (unpaired) electrons. The number of aliphatic carboxylic acids is 1. The van der Waals surface area contributed by atoms with E-state index in [1.165, 1.54) is 4.31 Å². The van der Waals surface area contributed by atoms with Crippen molar-refractivity contribution in [2.24, 2.45) is 11.3 Å². The fraction of sp³-hybridized carbons (Fsp3) is 0.500. The summed E-state index contributed by atoms with van der Waals surface area (Å²) in [5.74, 6) is -0.932. The third kappa shape index (κ3) is 2.31. The zero-order valence-corrected chi connectivity index (χ0v) is 13.7. The average molecular weight is 374 g/mol. The average Bonchev–Trinajstić information content (AvgIpc) is 2.96. The molecule has 1 N–H and O–H groups in total. The van der Waals surface area contributed by atoms with Crippen LogP contribution in [0.25, 0.3) is 0 Å². The summed E-state index contributed by atoms with van der Waals surface area (Å²) in [6, 6.07) is 6.44. The summed E-state index contributed by atoms with van der Waals surface area (Å²) in [4.78, 5) is 11.8. The zero-order chi connectivity index (χ0) is 15.3. The first-order chi connectivity index (χ1) is 9.86. The van der Waals surface area contributed by atoms with Crippen molar-refractivity contribution in [2.75, 3.05) is 13.1 Å². The molecule has 1 saturated heterocycles. The summed E-state index contributed by atoms with van der Waals surface area (Å²) in [6.45, 7) is 0.399.